The van der Waals surface area contributed by atoms with Gasteiger partial charge in [0.05, 0.1) is 12.2 Å². The van der Waals surface area contributed by atoms with E-state index >= 15 is 0 Å². The van der Waals surface area contributed by atoms with Crippen molar-refractivity contribution in [1.29, 1.82) is 0 Å². The molecule has 0 aromatic rings. The number of ether oxygens (including phenoxy) is 1. The molecule has 0 amide bonds. The molecule has 3 unspecified atom stereocenters. The van der Waals surface area contributed by atoms with E-state index in [9.17, 15) is 5.11 Å². The van der Waals surface area contributed by atoms with Gasteiger partial charge in [-0.2, -0.15) is 0 Å². The lowest BCUT2D eigenvalue weighted by molar-refractivity contribution is 0.0124. The molecular formula is C13H30N2O2. The minimum Gasteiger partial charge on any atom is -0.389 e. The van der Waals surface area contributed by atoms with E-state index in [1.807, 2.05) is 0 Å². The van der Waals surface area contributed by atoms with Crippen molar-refractivity contribution in [3.63, 3.8) is 0 Å². The van der Waals surface area contributed by atoms with Gasteiger partial charge in [0.2, 0.25) is 0 Å². The van der Waals surface area contributed by atoms with Crippen LogP contribution in [0.2, 0.25) is 0 Å². The number of rotatable bonds is 9. The first-order valence-electron chi connectivity index (χ1n) is 6.55. The van der Waals surface area contributed by atoms with Gasteiger partial charge in [0.15, 0.2) is 0 Å². The topological polar surface area (TPSA) is 58.7 Å². The zero-order chi connectivity index (χ0) is 13.5. The predicted molar refractivity (Wildman–Crippen MR) is 72.1 cm³/mol. The molecule has 0 radical (unpaired) electrons. The Hall–Kier alpha value is -0.160. The number of aliphatic hydroxyl groups is 1. The van der Waals surface area contributed by atoms with Gasteiger partial charge < -0.3 is 15.6 Å². The molecule has 0 saturated heterocycles. The molecular weight excluding hydrogens is 216 g/mol. The Balaban J connectivity index is 4.45. The smallest absolute Gasteiger partial charge is 0.0756 e. The minimum absolute atomic E-state index is 0.302. The molecule has 0 aromatic heterocycles. The quantitative estimate of drug-likeness (QED) is 0.642. The summed E-state index contributed by atoms with van der Waals surface area (Å²) >= 11 is 0. The maximum Gasteiger partial charge on any atom is 0.0756 e. The van der Waals surface area contributed by atoms with E-state index in [2.05, 4.69) is 25.7 Å². The summed E-state index contributed by atoms with van der Waals surface area (Å²) in [5.74, 6) is 0. The lowest BCUT2D eigenvalue weighted by Crippen LogP contribution is -2.47. The minimum atomic E-state index is -0.780. The number of hydrogen-bond donors (Lipinski definition) is 2. The Morgan fingerprint density at radius 3 is 2.35 bits per heavy atom. The summed E-state index contributed by atoms with van der Waals surface area (Å²) in [7, 11) is 1.72. The van der Waals surface area contributed by atoms with Gasteiger partial charge in [-0.25, -0.2) is 0 Å². The van der Waals surface area contributed by atoms with E-state index in [1.165, 1.54) is 0 Å². The van der Waals surface area contributed by atoms with Crippen LogP contribution in [0.5, 0.6) is 0 Å². The standard InChI is InChI=1S/C13H30N2O2/c1-6-11(2)15(7-8-17-5)12(3)9-13(4,16)10-14/h11-12,16H,6-10,14H2,1-5H3. The van der Waals surface area contributed by atoms with Crippen LogP contribution < -0.4 is 5.73 Å². The molecule has 104 valence electrons. The molecule has 0 aliphatic heterocycles. The third-order valence-electron chi connectivity index (χ3n) is 3.45. The Kier molecular flexibility index (Phi) is 7.96. The Bertz CT molecular complexity index is 198. The molecule has 0 heterocycles. The Morgan fingerprint density at radius 1 is 1.35 bits per heavy atom. The molecule has 3 N–H and O–H groups in total. The van der Waals surface area contributed by atoms with Crippen molar-refractivity contribution < 1.29 is 9.84 Å². The lowest BCUT2D eigenvalue weighted by atomic mass is 9.96. The van der Waals surface area contributed by atoms with Crippen LogP contribution in [-0.2, 0) is 4.74 Å². The first-order chi connectivity index (χ1) is 7.87. The molecule has 0 fully saturated rings. The molecule has 0 spiro atoms. The lowest BCUT2D eigenvalue weighted by Gasteiger charge is -2.37. The van der Waals surface area contributed by atoms with Crippen molar-refractivity contribution in [2.45, 2.75) is 58.2 Å². The highest BCUT2D eigenvalue weighted by molar-refractivity contribution is 4.82. The van der Waals surface area contributed by atoms with Gasteiger partial charge in [0.1, 0.15) is 0 Å². The zero-order valence-electron chi connectivity index (χ0n) is 12.1. The van der Waals surface area contributed by atoms with Crippen LogP contribution in [-0.4, -0.2) is 54.5 Å². The van der Waals surface area contributed by atoms with Crippen molar-refractivity contribution in [3.05, 3.63) is 0 Å². The number of methoxy groups -OCH3 is 1. The second-order valence-electron chi connectivity index (χ2n) is 5.24. The third kappa shape index (κ3) is 6.36. The molecule has 3 atom stereocenters. The fourth-order valence-corrected chi connectivity index (χ4v) is 2.14. The molecule has 4 heteroatoms. The first-order valence-corrected chi connectivity index (χ1v) is 6.55. The summed E-state index contributed by atoms with van der Waals surface area (Å²) in [5, 5.41) is 10.0. The van der Waals surface area contributed by atoms with Crippen molar-refractivity contribution in [1.82, 2.24) is 4.90 Å². The third-order valence-corrected chi connectivity index (χ3v) is 3.45. The van der Waals surface area contributed by atoms with Crippen LogP contribution in [0.25, 0.3) is 0 Å². The van der Waals surface area contributed by atoms with E-state index < -0.39 is 5.60 Å². The fourth-order valence-electron chi connectivity index (χ4n) is 2.14. The van der Waals surface area contributed by atoms with Crippen LogP contribution in [0.3, 0.4) is 0 Å². The number of hydrogen-bond acceptors (Lipinski definition) is 4. The summed E-state index contributed by atoms with van der Waals surface area (Å²) in [6.45, 7) is 10.3. The average molecular weight is 246 g/mol. The van der Waals surface area contributed by atoms with Crippen LogP contribution in [0.1, 0.15) is 40.5 Å². The molecule has 0 aromatic carbocycles. The monoisotopic (exact) mass is 246 g/mol. The molecule has 0 aliphatic carbocycles. The normalized spacial score (nSPS) is 19.1. The van der Waals surface area contributed by atoms with E-state index in [0.717, 1.165) is 19.6 Å². The second-order valence-corrected chi connectivity index (χ2v) is 5.24. The molecule has 0 bridgehead atoms. The summed E-state index contributed by atoms with van der Waals surface area (Å²) in [4.78, 5) is 2.38. The molecule has 0 saturated carbocycles. The highest BCUT2D eigenvalue weighted by atomic mass is 16.5. The van der Waals surface area contributed by atoms with Crippen molar-refractivity contribution in [2.24, 2.45) is 5.73 Å². The van der Waals surface area contributed by atoms with Crippen LogP contribution in [0.15, 0.2) is 0 Å². The van der Waals surface area contributed by atoms with E-state index in [1.54, 1.807) is 14.0 Å². The van der Waals surface area contributed by atoms with Gasteiger partial charge in [-0.1, -0.05) is 6.92 Å². The zero-order valence-corrected chi connectivity index (χ0v) is 12.1. The number of nitrogens with zero attached hydrogens (tertiary/aromatic N) is 1. The van der Waals surface area contributed by atoms with Crippen molar-refractivity contribution in [3.8, 4) is 0 Å². The SMILES string of the molecule is CCC(C)N(CCOC)C(C)CC(C)(O)CN. The molecule has 0 aliphatic rings. The number of nitrogens with two attached hydrogens (primary N) is 1. The van der Waals surface area contributed by atoms with Crippen LogP contribution in [0, 0.1) is 0 Å². The van der Waals surface area contributed by atoms with Gasteiger partial charge in [-0.15, -0.1) is 0 Å². The maximum atomic E-state index is 10.0. The first kappa shape index (κ1) is 16.8. The fraction of sp³-hybridized carbons (Fsp3) is 1.00. The molecule has 0 rings (SSSR count). The largest absolute Gasteiger partial charge is 0.389 e. The van der Waals surface area contributed by atoms with Crippen LogP contribution in [0.4, 0.5) is 0 Å². The van der Waals surface area contributed by atoms with Gasteiger partial charge in [-0.05, 0) is 33.6 Å². The van der Waals surface area contributed by atoms with Gasteiger partial charge >= 0.3 is 0 Å². The van der Waals surface area contributed by atoms with Crippen molar-refractivity contribution >= 4 is 0 Å². The van der Waals surface area contributed by atoms with E-state index in [-0.39, 0.29) is 0 Å². The van der Waals surface area contributed by atoms with E-state index in [4.69, 9.17) is 10.5 Å². The molecule has 4 nitrogen and oxygen atoms in total. The highest BCUT2D eigenvalue weighted by Crippen LogP contribution is 2.18. The average Bonchev–Trinajstić information content (AvgIpc) is 2.28. The Labute approximate surface area is 106 Å². The van der Waals surface area contributed by atoms with Gasteiger partial charge in [0, 0.05) is 32.3 Å². The highest BCUT2D eigenvalue weighted by Gasteiger charge is 2.26. The predicted octanol–water partition coefficient (Wildman–Crippen LogP) is 1.22. The summed E-state index contributed by atoms with van der Waals surface area (Å²) in [6.07, 6.45) is 1.79. The summed E-state index contributed by atoms with van der Waals surface area (Å²) < 4.78 is 5.14. The summed E-state index contributed by atoms with van der Waals surface area (Å²) in [6, 6.07) is 0.798. The summed E-state index contributed by atoms with van der Waals surface area (Å²) in [5.41, 5.74) is 4.79. The van der Waals surface area contributed by atoms with E-state index in [0.29, 0.717) is 25.0 Å². The molecule has 17 heavy (non-hydrogen) atoms. The second kappa shape index (κ2) is 8.03. The van der Waals surface area contributed by atoms with Crippen molar-refractivity contribution in [2.75, 3.05) is 26.8 Å². The van der Waals surface area contributed by atoms with Gasteiger partial charge in [-0.3, -0.25) is 4.90 Å². The Morgan fingerprint density at radius 2 is 1.94 bits per heavy atom. The maximum absolute atomic E-state index is 10.0. The van der Waals surface area contributed by atoms with Crippen LogP contribution >= 0.6 is 0 Å². The van der Waals surface area contributed by atoms with Gasteiger partial charge in [0.25, 0.3) is 0 Å².